The molecule has 1 aromatic rings. The second-order valence-electron chi connectivity index (χ2n) is 6.80. The summed E-state index contributed by atoms with van der Waals surface area (Å²) in [5.74, 6) is -3.54. The van der Waals surface area contributed by atoms with Crippen molar-refractivity contribution in [3.8, 4) is 0 Å². The van der Waals surface area contributed by atoms with Crippen LogP contribution >= 0.6 is 0 Å². The minimum absolute atomic E-state index is 0.110. The van der Waals surface area contributed by atoms with Crippen molar-refractivity contribution in [3.63, 3.8) is 0 Å². The van der Waals surface area contributed by atoms with E-state index in [1.54, 1.807) is 39.8 Å². The van der Waals surface area contributed by atoms with Gasteiger partial charge in [-0.05, 0) is 27.7 Å². The van der Waals surface area contributed by atoms with Crippen molar-refractivity contribution >= 4 is 17.7 Å². The van der Waals surface area contributed by atoms with Gasteiger partial charge in [0.15, 0.2) is 11.7 Å². The molecule has 1 aliphatic rings. The number of esters is 2. The molecule has 1 aromatic carbocycles. The minimum atomic E-state index is -1.07. The van der Waals surface area contributed by atoms with E-state index in [9.17, 15) is 14.4 Å². The molecule has 1 saturated heterocycles. The maximum Gasteiger partial charge on any atom is 0.321 e. The van der Waals surface area contributed by atoms with Gasteiger partial charge in [0.2, 0.25) is 0 Å². The lowest BCUT2D eigenvalue weighted by Gasteiger charge is -2.30. The second-order valence-corrected chi connectivity index (χ2v) is 6.80. The molecule has 1 fully saturated rings. The van der Waals surface area contributed by atoms with Gasteiger partial charge in [-0.15, -0.1) is 0 Å². The number of cyclic esters (lactones) is 1. The van der Waals surface area contributed by atoms with Crippen LogP contribution in [0, 0.1) is 24.7 Å². The summed E-state index contributed by atoms with van der Waals surface area (Å²) < 4.78 is 10.4. The Morgan fingerprint density at radius 1 is 1.25 bits per heavy atom. The molecule has 0 N–H and O–H groups in total. The minimum Gasteiger partial charge on any atom is -0.465 e. The Labute approximate surface area is 142 Å². The summed E-state index contributed by atoms with van der Waals surface area (Å²) in [4.78, 5) is 37.3. The summed E-state index contributed by atoms with van der Waals surface area (Å²) in [5.41, 5.74) is 0.711. The van der Waals surface area contributed by atoms with E-state index in [1.807, 2.05) is 19.1 Å². The van der Waals surface area contributed by atoms with E-state index in [1.165, 1.54) is 0 Å². The normalized spacial score (nSPS) is 23.5. The van der Waals surface area contributed by atoms with Gasteiger partial charge in [-0.25, -0.2) is 0 Å². The molecule has 0 saturated carbocycles. The van der Waals surface area contributed by atoms with Gasteiger partial charge in [-0.2, -0.15) is 0 Å². The third-order valence-corrected chi connectivity index (χ3v) is 4.61. The predicted octanol–water partition coefficient (Wildman–Crippen LogP) is 2.94. The van der Waals surface area contributed by atoms with E-state index >= 15 is 0 Å². The number of benzene rings is 1. The molecule has 0 aromatic heterocycles. The molecule has 0 aliphatic carbocycles. The smallest absolute Gasteiger partial charge is 0.321 e. The van der Waals surface area contributed by atoms with Gasteiger partial charge >= 0.3 is 11.9 Å². The van der Waals surface area contributed by atoms with Gasteiger partial charge in [-0.3, -0.25) is 14.4 Å². The van der Waals surface area contributed by atoms with E-state index in [2.05, 4.69) is 0 Å². The molecule has 1 aliphatic heterocycles. The third kappa shape index (κ3) is 3.35. The number of carbonyl (C=O) groups excluding carboxylic acids is 3. The third-order valence-electron chi connectivity index (χ3n) is 4.61. The highest BCUT2D eigenvalue weighted by Crippen LogP contribution is 2.43. The van der Waals surface area contributed by atoms with Crippen LogP contribution in [0.1, 0.15) is 43.6 Å². The zero-order chi connectivity index (χ0) is 18.1. The summed E-state index contributed by atoms with van der Waals surface area (Å²) in [7, 11) is 0. The lowest BCUT2D eigenvalue weighted by atomic mass is 9.72. The number of carbonyl (C=O) groups is 3. The standard InChI is InChI=1S/C19H24O5/c1-6-23-17(21)14-15(19(4,5)24-18(14)22)12(3)16(20)13-9-7-11(2)8-10-13/h7-10,12,14-15H,6H2,1-5H3/t12-,14+,15+/m0/s1. The number of hydrogen-bond donors (Lipinski definition) is 0. The van der Waals surface area contributed by atoms with Crippen molar-refractivity contribution in [2.75, 3.05) is 6.61 Å². The van der Waals surface area contributed by atoms with Crippen LogP contribution in [0.25, 0.3) is 0 Å². The zero-order valence-corrected chi connectivity index (χ0v) is 14.8. The van der Waals surface area contributed by atoms with Crippen molar-refractivity contribution in [1.82, 2.24) is 0 Å². The first-order chi connectivity index (χ1) is 11.2. The van der Waals surface area contributed by atoms with E-state index in [0.29, 0.717) is 5.56 Å². The summed E-state index contributed by atoms with van der Waals surface area (Å²) in [6, 6.07) is 7.25. The molecule has 5 heteroatoms. The van der Waals surface area contributed by atoms with Gasteiger partial charge in [0.05, 0.1) is 6.61 Å². The van der Waals surface area contributed by atoms with Gasteiger partial charge in [0.1, 0.15) is 5.60 Å². The van der Waals surface area contributed by atoms with E-state index in [4.69, 9.17) is 9.47 Å². The largest absolute Gasteiger partial charge is 0.465 e. The predicted molar refractivity (Wildman–Crippen MR) is 88.5 cm³/mol. The van der Waals surface area contributed by atoms with E-state index in [0.717, 1.165) is 5.56 Å². The highest BCUT2D eigenvalue weighted by molar-refractivity contribution is 6.01. The van der Waals surface area contributed by atoms with E-state index < -0.39 is 35.3 Å². The van der Waals surface area contributed by atoms with E-state index in [-0.39, 0.29) is 12.4 Å². The van der Waals surface area contributed by atoms with Crippen molar-refractivity contribution in [1.29, 1.82) is 0 Å². The van der Waals surface area contributed by atoms with Gasteiger partial charge in [0, 0.05) is 17.4 Å². The van der Waals surface area contributed by atoms with Crippen LogP contribution in [0.5, 0.6) is 0 Å². The number of rotatable bonds is 5. The summed E-state index contributed by atoms with van der Waals surface area (Å²) in [5, 5.41) is 0. The Bertz CT molecular complexity index is 644. The Morgan fingerprint density at radius 3 is 2.38 bits per heavy atom. The van der Waals surface area contributed by atoms with Crippen molar-refractivity contribution < 1.29 is 23.9 Å². The number of hydrogen-bond acceptors (Lipinski definition) is 5. The average Bonchev–Trinajstić information content (AvgIpc) is 2.75. The first kappa shape index (κ1) is 18.2. The quantitative estimate of drug-likeness (QED) is 0.471. The average molecular weight is 332 g/mol. The molecule has 1 heterocycles. The molecular weight excluding hydrogens is 308 g/mol. The number of ether oxygens (including phenoxy) is 2. The molecule has 0 unspecified atom stereocenters. The fourth-order valence-electron chi connectivity index (χ4n) is 3.45. The Kier molecular flexibility index (Phi) is 5.11. The summed E-state index contributed by atoms with van der Waals surface area (Å²) in [6.45, 7) is 9.00. The molecular formula is C19H24O5. The maximum absolute atomic E-state index is 12.8. The molecule has 0 spiro atoms. The Morgan fingerprint density at radius 2 is 1.83 bits per heavy atom. The van der Waals surface area contributed by atoms with Crippen LogP contribution in [-0.2, 0) is 19.1 Å². The second kappa shape index (κ2) is 6.75. The van der Waals surface area contributed by atoms with Crippen LogP contribution < -0.4 is 0 Å². The zero-order valence-electron chi connectivity index (χ0n) is 14.8. The van der Waals surface area contributed by atoms with Crippen LogP contribution in [0.15, 0.2) is 24.3 Å². The highest BCUT2D eigenvalue weighted by atomic mass is 16.6. The van der Waals surface area contributed by atoms with Crippen molar-refractivity contribution in [2.45, 2.75) is 40.2 Å². The first-order valence-electron chi connectivity index (χ1n) is 8.19. The topological polar surface area (TPSA) is 69.7 Å². The van der Waals surface area contributed by atoms with Crippen molar-refractivity contribution in [3.05, 3.63) is 35.4 Å². The fourth-order valence-corrected chi connectivity index (χ4v) is 3.45. The highest BCUT2D eigenvalue weighted by Gasteiger charge is 2.57. The lowest BCUT2D eigenvalue weighted by Crippen LogP contribution is -2.41. The Balaban J connectivity index is 2.33. The van der Waals surface area contributed by atoms with Crippen LogP contribution in [0.2, 0.25) is 0 Å². The monoisotopic (exact) mass is 332 g/mol. The molecule has 0 radical (unpaired) electrons. The number of aryl methyl sites for hydroxylation is 1. The summed E-state index contributed by atoms with van der Waals surface area (Å²) >= 11 is 0. The van der Waals surface area contributed by atoms with Crippen LogP contribution in [0.4, 0.5) is 0 Å². The van der Waals surface area contributed by atoms with Crippen molar-refractivity contribution in [2.24, 2.45) is 17.8 Å². The molecule has 2 rings (SSSR count). The first-order valence-corrected chi connectivity index (χ1v) is 8.19. The van der Waals surface area contributed by atoms with Gasteiger partial charge < -0.3 is 9.47 Å². The molecule has 24 heavy (non-hydrogen) atoms. The van der Waals surface area contributed by atoms with Gasteiger partial charge in [-0.1, -0.05) is 36.8 Å². The molecule has 0 amide bonds. The van der Waals surface area contributed by atoms with Crippen LogP contribution in [0.3, 0.4) is 0 Å². The summed E-state index contributed by atoms with van der Waals surface area (Å²) in [6.07, 6.45) is 0. The molecule has 130 valence electrons. The molecule has 3 atom stereocenters. The Hall–Kier alpha value is -2.17. The maximum atomic E-state index is 12.8. The fraction of sp³-hybridized carbons (Fsp3) is 0.526. The van der Waals surface area contributed by atoms with Crippen LogP contribution in [-0.4, -0.2) is 29.9 Å². The lowest BCUT2D eigenvalue weighted by molar-refractivity contribution is -0.157. The van der Waals surface area contributed by atoms with Gasteiger partial charge in [0.25, 0.3) is 0 Å². The SMILES string of the molecule is CCOC(=O)[C@@H]1C(=O)OC(C)(C)[C@@H]1[C@H](C)C(=O)c1ccc(C)cc1. The molecule has 5 nitrogen and oxygen atoms in total. The number of ketones is 1. The number of Topliss-reactive ketones (excluding diaryl/α,β-unsaturated/α-hetero) is 1. The molecule has 0 bridgehead atoms.